The van der Waals surface area contributed by atoms with E-state index in [0.29, 0.717) is 24.0 Å². The molecule has 146 valence electrons. The van der Waals surface area contributed by atoms with E-state index in [-0.39, 0.29) is 11.5 Å². The van der Waals surface area contributed by atoms with Crippen LogP contribution in [-0.4, -0.2) is 61.4 Å². The number of aryl methyl sites for hydroxylation is 1. The van der Waals surface area contributed by atoms with Crippen LogP contribution in [0.25, 0.3) is 0 Å². The molecule has 2 bridgehead atoms. The molecule has 5 rings (SSSR count). The first-order chi connectivity index (χ1) is 13.1. The van der Waals surface area contributed by atoms with Crippen molar-refractivity contribution in [2.75, 3.05) is 32.8 Å². The van der Waals surface area contributed by atoms with Crippen molar-refractivity contribution in [3.8, 4) is 0 Å². The molecule has 1 aromatic carbocycles. The van der Waals surface area contributed by atoms with Gasteiger partial charge in [-0.15, -0.1) is 0 Å². The van der Waals surface area contributed by atoms with Gasteiger partial charge in [-0.05, 0) is 44.7 Å². The first-order valence-electron chi connectivity index (χ1n) is 10.5. The lowest BCUT2D eigenvalue weighted by Gasteiger charge is -2.32. The summed E-state index contributed by atoms with van der Waals surface area (Å²) in [5.74, 6) is 1.03. The number of hydrogen-bond acceptors (Lipinski definition) is 4. The molecule has 4 saturated heterocycles. The normalized spacial score (nSPS) is 36.1. The summed E-state index contributed by atoms with van der Waals surface area (Å²) in [6.45, 7) is 6.73. The second kappa shape index (κ2) is 6.87. The van der Waals surface area contributed by atoms with E-state index in [1.807, 2.05) is 31.2 Å². The molecule has 4 aliphatic rings. The zero-order valence-electron chi connectivity index (χ0n) is 16.2. The van der Waals surface area contributed by atoms with Gasteiger partial charge in [0.2, 0.25) is 0 Å². The van der Waals surface area contributed by atoms with Crippen LogP contribution in [0, 0.1) is 18.8 Å². The second-order valence-corrected chi connectivity index (χ2v) is 8.88. The highest BCUT2D eigenvalue weighted by Gasteiger charge is 2.63. The minimum atomic E-state index is 0.0334. The summed E-state index contributed by atoms with van der Waals surface area (Å²) in [6, 6.07) is 8.45. The third-order valence-corrected chi connectivity index (χ3v) is 7.33. The number of amides is 1. The third kappa shape index (κ3) is 3.10. The molecular weight excluding hydrogens is 340 g/mol. The Kier molecular flexibility index (Phi) is 4.49. The van der Waals surface area contributed by atoms with Gasteiger partial charge in [0.25, 0.3) is 5.91 Å². The molecule has 4 atom stereocenters. The van der Waals surface area contributed by atoms with E-state index in [0.717, 1.165) is 57.7 Å². The Hall–Kier alpha value is -1.43. The molecule has 27 heavy (non-hydrogen) atoms. The van der Waals surface area contributed by atoms with Crippen molar-refractivity contribution >= 4 is 5.91 Å². The van der Waals surface area contributed by atoms with E-state index < -0.39 is 0 Å². The maximum absolute atomic E-state index is 12.5. The molecule has 1 aromatic rings. The maximum atomic E-state index is 12.5. The lowest BCUT2D eigenvalue weighted by Crippen LogP contribution is -2.41. The molecule has 1 spiro atoms. The number of carbonyl (C=O) groups is 1. The average molecular weight is 370 g/mol. The first-order valence-corrected chi connectivity index (χ1v) is 10.5. The van der Waals surface area contributed by atoms with E-state index in [4.69, 9.17) is 9.47 Å². The van der Waals surface area contributed by atoms with Crippen molar-refractivity contribution in [3.63, 3.8) is 0 Å². The average Bonchev–Trinajstić information content (AvgIpc) is 3.36. The topological polar surface area (TPSA) is 50.8 Å². The largest absolute Gasteiger partial charge is 0.381 e. The predicted molar refractivity (Wildman–Crippen MR) is 103 cm³/mol. The number of carbonyl (C=O) groups excluding carboxylic acids is 1. The Morgan fingerprint density at radius 2 is 2.00 bits per heavy atom. The number of likely N-dealkylation sites (tertiary alicyclic amines) is 1. The number of fused-ring (bicyclic) bond motifs is 1. The number of rotatable bonds is 4. The monoisotopic (exact) mass is 370 g/mol. The van der Waals surface area contributed by atoms with Crippen molar-refractivity contribution in [2.24, 2.45) is 11.8 Å². The molecule has 4 fully saturated rings. The van der Waals surface area contributed by atoms with Gasteiger partial charge in [0.05, 0.1) is 11.7 Å². The zero-order valence-corrected chi connectivity index (χ0v) is 16.2. The minimum absolute atomic E-state index is 0.0334. The van der Waals surface area contributed by atoms with Gasteiger partial charge in [0, 0.05) is 56.3 Å². The fourth-order valence-electron chi connectivity index (χ4n) is 5.85. The maximum Gasteiger partial charge on any atom is 0.251 e. The molecule has 4 aliphatic heterocycles. The van der Waals surface area contributed by atoms with Gasteiger partial charge in [-0.3, -0.25) is 9.69 Å². The summed E-state index contributed by atoms with van der Waals surface area (Å²) in [4.78, 5) is 15.2. The number of nitrogens with zero attached hydrogens (tertiary/aromatic N) is 1. The molecule has 5 nitrogen and oxygen atoms in total. The molecule has 0 unspecified atom stereocenters. The lowest BCUT2D eigenvalue weighted by molar-refractivity contribution is -0.0122. The summed E-state index contributed by atoms with van der Waals surface area (Å²) in [5, 5.41) is 3.19. The molecule has 0 saturated carbocycles. The van der Waals surface area contributed by atoms with Crippen LogP contribution in [-0.2, 0) is 9.47 Å². The summed E-state index contributed by atoms with van der Waals surface area (Å²) in [7, 11) is 0. The molecule has 0 aromatic heterocycles. The van der Waals surface area contributed by atoms with Crippen LogP contribution in [0.4, 0.5) is 0 Å². The Bertz CT molecular complexity index is 700. The first kappa shape index (κ1) is 17.7. The highest BCUT2D eigenvalue weighted by Crippen LogP contribution is 2.55. The van der Waals surface area contributed by atoms with E-state index in [2.05, 4.69) is 10.2 Å². The Balaban J connectivity index is 1.24. The molecule has 0 radical (unpaired) electrons. The summed E-state index contributed by atoms with van der Waals surface area (Å²) >= 11 is 0. The summed E-state index contributed by atoms with van der Waals surface area (Å²) < 4.78 is 12.1. The third-order valence-electron chi connectivity index (χ3n) is 7.33. The SMILES string of the molecule is Cc1ccc(C(=O)NC[C@H]2[C@H]3CN(C4CCOCC4)C[C@]34CC[C@H]2O4)cc1. The van der Waals surface area contributed by atoms with Crippen molar-refractivity contribution in [2.45, 2.75) is 50.4 Å². The Morgan fingerprint density at radius 1 is 1.22 bits per heavy atom. The quantitative estimate of drug-likeness (QED) is 0.884. The van der Waals surface area contributed by atoms with Gasteiger partial charge in [-0.1, -0.05) is 17.7 Å². The lowest BCUT2D eigenvalue weighted by atomic mass is 9.73. The molecule has 4 heterocycles. The summed E-state index contributed by atoms with van der Waals surface area (Å²) in [5.41, 5.74) is 1.96. The number of ether oxygens (including phenoxy) is 2. The number of hydrogen-bond donors (Lipinski definition) is 1. The zero-order chi connectivity index (χ0) is 18.4. The Morgan fingerprint density at radius 3 is 2.78 bits per heavy atom. The predicted octanol–water partition coefficient (Wildman–Crippen LogP) is 2.38. The van der Waals surface area contributed by atoms with Gasteiger partial charge >= 0.3 is 0 Å². The van der Waals surface area contributed by atoms with E-state index >= 15 is 0 Å². The van der Waals surface area contributed by atoms with Gasteiger partial charge in [0.1, 0.15) is 0 Å². The molecular formula is C22H30N2O3. The van der Waals surface area contributed by atoms with E-state index in [1.54, 1.807) is 0 Å². The van der Waals surface area contributed by atoms with Crippen LogP contribution in [0.15, 0.2) is 24.3 Å². The van der Waals surface area contributed by atoms with Gasteiger partial charge in [-0.2, -0.15) is 0 Å². The Labute approximate surface area is 161 Å². The molecule has 0 aliphatic carbocycles. The standard InChI is InChI=1S/C22H30N2O3/c1-15-2-4-16(5-3-15)21(25)23-12-18-19-13-24(17-7-10-26-11-8-17)14-22(19)9-6-20(18)27-22/h2-5,17-20H,6-14H2,1H3,(H,23,25)/t18-,19+,20+,22+/m0/s1. The molecule has 1 amide bonds. The minimum Gasteiger partial charge on any atom is -0.381 e. The van der Waals surface area contributed by atoms with Crippen LogP contribution in [0.2, 0.25) is 0 Å². The van der Waals surface area contributed by atoms with Crippen LogP contribution in [0.1, 0.15) is 41.6 Å². The van der Waals surface area contributed by atoms with Crippen molar-refractivity contribution < 1.29 is 14.3 Å². The van der Waals surface area contributed by atoms with Gasteiger partial charge in [0.15, 0.2) is 0 Å². The fraction of sp³-hybridized carbons (Fsp3) is 0.682. The molecule has 1 N–H and O–H groups in total. The van der Waals surface area contributed by atoms with Crippen molar-refractivity contribution in [3.05, 3.63) is 35.4 Å². The summed E-state index contributed by atoms with van der Waals surface area (Å²) in [6.07, 6.45) is 4.93. The van der Waals surface area contributed by atoms with Gasteiger partial charge < -0.3 is 14.8 Å². The highest BCUT2D eigenvalue weighted by molar-refractivity contribution is 5.94. The smallest absolute Gasteiger partial charge is 0.251 e. The van der Waals surface area contributed by atoms with Crippen molar-refractivity contribution in [1.29, 1.82) is 0 Å². The van der Waals surface area contributed by atoms with Crippen LogP contribution in [0.5, 0.6) is 0 Å². The van der Waals surface area contributed by atoms with Crippen LogP contribution < -0.4 is 5.32 Å². The van der Waals surface area contributed by atoms with Crippen LogP contribution in [0.3, 0.4) is 0 Å². The molecule has 5 heteroatoms. The van der Waals surface area contributed by atoms with Gasteiger partial charge in [-0.25, -0.2) is 0 Å². The number of benzene rings is 1. The number of nitrogens with one attached hydrogen (secondary N) is 1. The fourth-order valence-corrected chi connectivity index (χ4v) is 5.85. The van der Waals surface area contributed by atoms with Crippen LogP contribution >= 0.6 is 0 Å². The van der Waals surface area contributed by atoms with E-state index in [9.17, 15) is 4.79 Å². The van der Waals surface area contributed by atoms with E-state index in [1.165, 1.54) is 12.0 Å². The highest BCUT2D eigenvalue weighted by atomic mass is 16.5. The van der Waals surface area contributed by atoms with Crippen molar-refractivity contribution in [1.82, 2.24) is 10.2 Å². The second-order valence-electron chi connectivity index (χ2n) is 8.88.